The van der Waals surface area contributed by atoms with Crippen molar-refractivity contribution in [3.05, 3.63) is 29.3 Å². The normalized spacial score (nSPS) is 11.1. The number of halogens is 4. The van der Waals surface area contributed by atoms with E-state index in [9.17, 15) is 13.2 Å². The lowest BCUT2D eigenvalue weighted by Crippen LogP contribution is -2.07. The fraction of sp³-hybridized carbons (Fsp3) is 0.125. The number of benzene rings is 1. The maximum Gasteiger partial charge on any atom is 0.417 e. The fourth-order valence-electron chi connectivity index (χ4n) is 0.903. The molecular formula is C8H3ClF3NS. The monoisotopic (exact) mass is 237 g/mol. The first-order valence-corrected chi connectivity index (χ1v) is 5.03. The smallest absolute Gasteiger partial charge is 0.192 e. The minimum atomic E-state index is -4.52. The maximum atomic E-state index is 12.3. The average molecular weight is 238 g/mol. The summed E-state index contributed by atoms with van der Waals surface area (Å²) in [4.78, 5) is 0.262. The van der Waals surface area contributed by atoms with Crippen molar-refractivity contribution < 1.29 is 13.2 Å². The second kappa shape index (κ2) is 4.11. The van der Waals surface area contributed by atoms with E-state index in [2.05, 4.69) is 0 Å². The van der Waals surface area contributed by atoms with Crippen molar-refractivity contribution in [1.29, 1.82) is 5.26 Å². The highest BCUT2D eigenvalue weighted by atomic mass is 35.7. The molecule has 0 aromatic heterocycles. The highest BCUT2D eigenvalue weighted by Gasteiger charge is 2.33. The van der Waals surface area contributed by atoms with Crippen LogP contribution in [0, 0.1) is 11.3 Å². The van der Waals surface area contributed by atoms with Gasteiger partial charge in [0.1, 0.15) is 0 Å². The van der Waals surface area contributed by atoms with E-state index in [0.717, 1.165) is 12.1 Å². The van der Waals surface area contributed by atoms with Crippen LogP contribution in [-0.4, -0.2) is 0 Å². The van der Waals surface area contributed by atoms with Gasteiger partial charge in [-0.05, 0) is 39.9 Å². The molecule has 1 aromatic rings. The van der Waals surface area contributed by atoms with Gasteiger partial charge in [0.05, 0.1) is 17.2 Å². The Morgan fingerprint density at radius 3 is 2.43 bits per heavy atom. The first-order valence-electron chi connectivity index (χ1n) is 3.39. The molecule has 74 valence electrons. The van der Waals surface area contributed by atoms with Gasteiger partial charge in [0.2, 0.25) is 0 Å². The molecule has 1 rings (SSSR count). The summed E-state index contributed by atoms with van der Waals surface area (Å²) in [7, 11) is 5.99. The van der Waals surface area contributed by atoms with Crippen LogP contribution in [0.1, 0.15) is 11.1 Å². The van der Waals surface area contributed by atoms with Crippen molar-refractivity contribution in [3.63, 3.8) is 0 Å². The number of alkyl halides is 3. The summed E-state index contributed by atoms with van der Waals surface area (Å²) < 4.78 is 37.0. The zero-order chi connectivity index (χ0) is 10.8. The summed E-state index contributed by atoms with van der Waals surface area (Å²) in [6, 6.07) is 4.81. The third-order valence-corrected chi connectivity index (χ3v) is 2.47. The zero-order valence-corrected chi connectivity index (χ0v) is 8.17. The molecule has 0 fully saturated rings. The van der Waals surface area contributed by atoms with Crippen LogP contribution in [0.3, 0.4) is 0 Å². The summed E-state index contributed by atoms with van der Waals surface area (Å²) in [5.74, 6) is 0. The molecule has 1 aromatic carbocycles. The molecule has 0 amide bonds. The first-order chi connectivity index (χ1) is 6.49. The van der Waals surface area contributed by atoms with Crippen molar-refractivity contribution in [2.75, 3.05) is 0 Å². The molecule has 0 saturated carbocycles. The third-order valence-electron chi connectivity index (χ3n) is 1.51. The van der Waals surface area contributed by atoms with Gasteiger partial charge in [-0.1, -0.05) is 0 Å². The summed E-state index contributed by atoms with van der Waals surface area (Å²) in [6.07, 6.45) is -4.52. The summed E-state index contributed by atoms with van der Waals surface area (Å²) in [5.41, 5.74) is -1.35. The molecular weight excluding hydrogens is 235 g/mol. The molecule has 0 spiro atoms. The van der Waals surface area contributed by atoms with E-state index in [4.69, 9.17) is 15.9 Å². The SMILES string of the molecule is N#Cc1ccc(SCl)cc1C(F)(F)F. The van der Waals surface area contributed by atoms with Gasteiger partial charge in [-0.2, -0.15) is 18.4 Å². The van der Waals surface area contributed by atoms with Gasteiger partial charge in [-0.3, -0.25) is 0 Å². The maximum absolute atomic E-state index is 12.3. The lowest BCUT2D eigenvalue weighted by molar-refractivity contribution is -0.137. The Kier molecular flexibility index (Phi) is 3.29. The first kappa shape index (κ1) is 11.2. The van der Waals surface area contributed by atoms with E-state index in [1.807, 2.05) is 0 Å². The van der Waals surface area contributed by atoms with Crippen LogP contribution in [0.15, 0.2) is 23.1 Å². The minimum Gasteiger partial charge on any atom is -0.192 e. The van der Waals surface area contributed by atoms with Crippen LogP contribution >= 0.6 is 21.7 Å². The van der Waals surface area contributed by atoms with Gasteiger partial charge in [-0.25, -0.2) is 0 Å². The molecule has 0 atom stereocenters. The Balaban J connectivity index is 3.31. The average Bonchev–Trinajstić information content (AvgIpc) is 2.15. The van der Waals surface area contributed by atoms with Gasteiger partial charge < -0.3 is 0 Å². The molecule has 0 bridgehead atoms. The van der Waals surface area contributed by atoms with Crippen LogP contribution in [0.4, 0.5) is 13.2 Å². The van der Waals surface area contributed by atoms with E-state index in [0.29, 0.717) is 11.0 Å². The Hall–Kier alpha value is -0.860. The predicted octanol–water partition coefficient (Wildman–Crippen LogP) is 3.82. The largest absolute Gasteiger partial charge is 0.417 e. The molecule has 0 heterocycles. The van der Waals surface area contributed by atoms with Gasteiger partial charge in [0.15, 0.2) is 0 Å². The number of nitrogens with zero attached hydrogens (tertiary/aromatic N) is 1. The molecule has 0 aliphatic rings. The van der Waals surface area contributed by atoms with Gasteiger partial charge in [0, 0.05) is 4.90 Å². The van der Waals surface area contributed by atoms with Crippen molar-refractivity contribution >= 4 is 21.7 Å². The zero-order valence-electron chi connectivity index (χ0n) is 6.60. The second-order valence-corrected chi connectivity index (χ2v) is 3.48. The van der Waals surface area contributed by atoms with Crippen LogP contribution in [0.5, 0.6) is 0 Å². The van der Waals surface area contributed by atoms with E-state index >= 15 is 0 Å². The van der Waals surface area contributed by atoms with Crippen LogP contribution < -0.4 is 0 Å². The summed E-state index contributed by atoms with van der Waals surface area (Å²) in [5, 5.41) is 8.46. The molecule has 0 N–H and O–H groups in total. The van der Waals surface area contributed by atoms with Gasteiger partial charge >= 0.3 is 6.18 Å². The predicted molar refractivity (Wildman–Crippen MR) is 47.9 cm³/mol. The van der Waals surface area contributed by atoms with E-state index in [1.165, 1.54) is 12.1 Å². The molecule has 0 unspecified atom stereocenters. The van der Waals surface area contributed by atoms with Crippen LogP contribution in [0.2, 0.25) is 0 Å². The highest BCUT2D eigenvalue weighted by molar-refractivity contribution is 8.21. The number of hydrogen-bond donors (Lipinski definition) is 0. The topological polar surface area (TPSA) is 23.8 Å². The minimum absolute atomic E-state index is 0.262. The van der Waals surface area contributed by atoms with Gasteiger partial charge in [-0.15, -0.1) is 0 Å². The van der Waals surface area contributed by atoms with Crippen molar-refractivity contribution in [1.82, 2.24) is 0 Å². The lowest BCUT2D eigenvalue weighted by atomic mass is 10.1. The summed E-state index contributed by atoms with van der Waals surface area (Å²) >= 11 is 0. The van der Waals surface area contributed by atoms with Crippen molar-refractivity contribution in [2.24, 2.45) is 0 Å². The Morgan fingerprint density at radius 2 is 2.00 bits per heavy atom. The van der Waals surface area contributed by atoms with Crippen molar-refractivity contribution in [2.45, 2.75) is 11.1 Å². The molecule has 0 aliphatic carbocycles. The molecule has 14 heavy (non-hydrogen) atoms. The quantitative estimate of drug-likeness (QED) is 0.741. The molecule has 0 saturated heterocycles. The van der Waals surface area contributed by atoms with Gasteiger partial charge in [0.25, 0.3) is 0 Å². The van der Waals surface area contributed by atoms with E-state index in [-0.39, 0.29) is 4.90 Å². The van der Waals surface area contributed by atoms with E-state index in [1.54, 1.807) is 0 Å². The third kappa shape index (κ3) is 2.34. The fourth-order valence-corrected chi connectivity index (χ4v) is 1.47. The van der Waals surface area contributed by atoms with E-state index < -0.39 is 17.3 Å². The standard InChI is InChI=1S/C8H3ClF3NS/c9-14-6-2-1-5(4-13)7(3-6)8(10,11)12/h1-3H. The Labute approximate surface area is 87.0 Å². The molecule has 0 radical (unpaired) electrons. The molecule has 1 nitrogen and oxygen atoms in total. The lowest BCUT2D eigenvalue weighted by Gasteiger charge is -2.08. The Morgan fingerprint density at radius 1 is 1.36 bits per heavy atom. The molecule has 0 aliphatic heterocycles. The van der Waals surface area contributed by atoms with Crippen LogP contribution in [-0.2, 0) is 6.18 Å². The summed E-state index contributed by atoms with van der Waals surface area (Å²) in [6.45, 7) is 0. The highest BCUT2D eigenvalue weighted by Crippen LogP contribution is 2.35. The molecule has 6 heteroatoms. The van der Waals surface area contributed by atoms with Crippen molar-refractivity contribution in [3.8, 4) is 6.07 Å². The number of nitriles is 1. The number of rotatable bonds is 1. The second-order valence-electron chi connectivity index (χ2n) is 2.39. The Bertz CT molecular complexity index is 383. The number of hydrogen-bond acceptors (Lipinski definition) is 2. The van der Waals surface area contributed by atoms with Crippen LogP contribution in [0.25, 0.3) is 0 Å².